The molecule has 0 unspecified atom stereocenters. The van der Waals surface area contributed by atoms with Crippen LogP contribution < -0.4 is 15.0 Å². The number of thiazole rings is 1. The van der Waals surface area contributed by atoms with Crippen LogP contribution in [0.3, 0.4) is 0 Å². The average Bonchev–Trinajstić information content (AvgIpc) is 3.22. The summed E-state index contributed by atoms with van der Waals surface area (Å²) in [5, 5.41) is 7.17. The Balaban J connectivity index is 1.32. The van der Waals surface area contributed by atoms with Gasteiger partial charge in [0.05, 0.1) is 12.3 Å². The first-order valence-corrected chi connectivity index (χ1v) is 9.73. The van der Waals surface area contributed by atoms with Crippen LogP contribution in [0, 0.1) is 6.92 Å². The maximum Gasteiger partial charge on any atom is 0.185 e. The van der Waals surface area contributed by atoms with E-state index in [-0.39, 0.29) is 0 Å². The van der Waals surface area contributed by atoms with E-state index in [1.165, 1.54) is 23.5 Å². The number of benzene rings is 1. The number of nitrogens with one attached hydrogen (secondary N) is 1. The van der Waals surface area contributed by atoms with E-state index in [0.717, 1.165) is 31.1 Å². The van der Waals surface area contributed by atoms with Crippen molar-refractivity contribution < 1.29 is 4.74 Å². The Hall–Kier alpha value is -1.59. The minimum Gasteiger partial charge on any atom is -0.493 e. The minimum absolute atomic E-state index is 0.437. The maximum absolute atomic E-state index is 5.84. The van der Waals surface area contributed by atoms with E-state index in [9.17, 15) is 0 Å². The summed E-state index contributed by atoms with van der Waals surface area (Å²) in [4.78, 5) is 7.04. The Kier molecular flexibility index (Phi) is 4.46. The number of ether oxygens (including phenoxy) is 1. The molecule has 1 fully saturated rings. The number of hydrogen-bond donors (Lipinski definition) is 1. The van der Waals surface area contributed by atoms with Crippen LogP contribution in [0.1, 0.15) is 36.9 Å². The van der Waals surface area contributed by atoms with Crippen molar-refractivity contribution in [2.45, 2.75) is 44.7 Å². The lowest BCUT2D eigenvalue weighted by molar-refractivity contribution is 0.284. The number of aromatic nitrogens is 1. The number of aryl methyl sites for hydroxylation is 1. The van der Waals surface area contributed by atoms with Crippen molar-refractivity contribution in [2.75, 3.05) is 24.6 Å². The Bertz CT molecular complexity index is 693. The Labute approximate surface area is 147 Å². The fourth-order valence-electron chi connectivity index (χ4n) is 3.81. The van der Waals surface area contributed by atoms with E-state index in [1.807, 2.05) is 0 Å². The molecular formula is C19H25N3OS. The van der Waals surface area contributed by atoms with Crippen LogP contribution in [-0.2, 0) is 0 Å². The SMILES string of the molecule is Cc1csc(N2CCC(N[C@@H](C)[C@@H]3COc4ccccc43)CC2)n1. The van der Waals surface area contributed by atoms with E-state index < -0.39 is 0 Å². The van der Waals surface area contributed by atoms with Crippen LogP contribution in [0.2, 0.25) is 0 Å². The molecular weight excluding hydrogens is 318 g/mol. The van der Waals surface area contributed by atoms with Gasteiger partial charge in [-0.2, -0.15) is 0 Å². The predicted octanol–water partition coefficient (Wildman–Crippen LogP) is 3.57. The molecule has 0 spiro atoms. The number of nitrogens with zero attached hydrogens (tertiary/aromatic N) is 2. The molecule has 4 nitrogen and oxygen atoms in total. The van der Waals surface area contributed by atoms with Crippen LogP contribution in [0.15, 0.2) is 29.6 Å². The molecule has 1 aromatic heterocycles. The van der Waals surface area contributed by atoms with Crippen molar-refractivity contribution in [2.24, 2.45) is 0 Å². The van der Waals surface area contributed by atoms with Gasteiger partial charge in [-0.25, -0.2) is 4.98 Å². The van der Waals surface area contributed by atoms with Crippen molar-refractivity contribution in [3.63, 3.8) is 0 Å². The van der Waals surface area contributed by atoms with E-state index >= 15 is 0 Å². The summed E-state index contributed by atoms with van der Waals surface area (Å²) in [5.74, 6) is 1.52. The van der Waals surface area contributed by atoms with Crippen molar-refractivity contribution in [1.29, 1.82) is 0 Å². The summed E-state index contributed by atoms with van der Waals surface area (Å²) in [6, 6.07) is 9.48. The monoisotopic (exact) mass is 343 g/mol. The largest absolute Gasteiger partial charge is 0.493 e. The molecule has 24 heavy (non-hydrogen) atoms. The molecule has 5 heteroatoms. The van der Waals surface area contributed by atoms with Crippen molar-refractivity contribution >= 4 is 16.5 Å². The summed E-state index contributed by atoms with van der Waals surface area (Å²) in [5.41, 5.74) is 2.48. The Morgan fingerprint density at radius 1 is 1.29 bits per heavy atom. The highest BCUT2D eigenvalue weighted by atomic mass is 32.1. The molecule has 0 radical (unpaired) electrons. The fourth-order valence-corrected chi connectivity index (χ4v) is 4.67. The molecule has 3 heterocycles. The third-order valence-corrected chi connectivity index (χ3v) is 6.23. The van der Waals surface area contributed by atoms with Crippen LogP contribution in [0.25, 0.3) is 0 Å². The number of para-hydroxylation sites is 1. The summed E-state index contributed by atoms with van der Waals surface area (Å²) >= 11 is 1.76. The van der Waals surface area contributed by atoms with E-state index in [1.54, 1.807) is 11.3 Å². The molecule has 1 saturated heterocycles. The molecule has 0 bridgehead atoms. The van der Waals surface area contributed by atoms with Crippen LogP contribution in [0.4, 0.5) is 5.13 Å². The zero-order chi connectivity index (χ0) is 16.5. The quantitative estimate of drug-likeness (QED) is 0.921. The molecule has 128 valence electrons. The normalized spacial score (nSPS) is 22.2. The molecule has 1 N–H and O–H groups in total. The van der Waals surface area contributed by atoms with E-state index in [4.69, 9.17) is 4.74 Å². The maximum atomic E-state index is 5.84. The van der Waals surface area contributed by atoms with Gasteiger partial charge in [0.1, 0.15) is 5.75 Å². The molecule has 1 aromatic carbocycles. The molecule has 0 aliphatic carbocycles. The van der Waals surface area contributed by atoms with Crippen LogP contribution >= 0.6 is 11.3 Å². The number of anilines is 1. The second-order valence-corrected chi connectivity index (χ2v) is 7.78. The third kappa shape index (κ3) is 3.15. The highest BCUT2D eigenvalue weighted by molar-refractivity contribution is 7.13. The average molecular weight is 343 g/mol. The zero-order valence-corrected chi connectivity index (χ0v) is 15.2. The smallest absolute Gasteiger partial charge is 0.185 e. The van der Waals surface area contributed by atoms with Gasteiger partial charge >= 0.3 is 0 Å². The minimum atomic E-state index is 0.437. The lowest BCUT2D eigenvalue weighted by Gasteiger charge is -2.34. The van der Waals surface area contributed by atoms with Gasteiger partial charge in [0.15, 0.2) is 5.13 Å². The Morgan fingerprint density at radius 2 is 2.08 bits per heavy atom. The molecule has 0 saturated carbocycles. The lowest BCUT2D eigenvalue weighted by atomic mass is 9.93. The first kappa shape index (κ1) is 15.9. The predicted molar refractivity (Wildman–Crippen MR) is 99.4 cm³/mol. The van der Waals surface area contributed by atoms with Crippen molar-refractivity contribution in [1.82, 2.24) is 10.3 Å². The lowest BCUT2D eigenvalue weighted by Crippen LogP contribution is -2.47. The summed E-state index contributed by atoms with van der Waals surface area (Å²) in [7, 11) is 0. The van der Waals surface area contributed by atoms with Crippen LogP contribution in [0.5, 0.6) is 5.75 Å². The molecule has 2 aromatic rings. The molecule has 2 aliphatic heterocycles. The van der Waals surface area contributed by atoms with Gasteiger partial charge in [-0.15, -0.1) is 11.3 Å². The van der Waals surface area contributed by atoms with Gasteiger partial charge in [-0.1, -0.05) is 18.2 Å². The van der Waals surface area contributed by atoms with Crippen molar-refractivity contribution in [3.05, 3.63) is 40.9 Å². The number of hydrogen-bond acceptors (Lipinski definition) is 5. The number of piperidine rings is 1. The topological polar surface area (TPSA) is 37.4 Å². The zero-order valence-electron chi connectivity index (χ0n) is 14.4. The number of rotatable bonds is 4. The second kappa shape index (κ2) is 6.73. The molecule has 2 atom stereocenters. The van der Waals surface area contributed by atoms with E-state index in [2.05, 4.69) is 58.7 Å². The summed E-state index contributed by atoms with van der Waals surface area (Å²) in [6.07, 6.45) is 2.36. The summed E-state index contributed by atoms with van der Waals surface area (Å²) in [6.45, 7) is 7.35. The third-order valence-electron chi connectivity index (χ3n) is 5.21. The molecule has 0 amide bonds. The van der Waals surface area contributed by atoms with Gasteiger partial charge in [0.25, 0.3) is 0 Å². The Morgan fingerprint density at radius 3 is 2.83 bits per heavy atom. The van der Waals surface area contributed by atoms with Crippen molar-refractivity contribution in [3.8, 4) is 5.75 Å². The highest BCUT2D eigenvalue weighted by Gasteiger charge is 2.30. The standard InChI is InChI=1S/C19H25N3OS/c1-13-12-24-19(20-13)22-9-7-15(8-10-22)21-14(2)17-11-23-18-6-4-3-5-16(17)18/h3-6,12,14-15,17,21H,7-11H2,1-2H3/t14-,17-/m0/s1. The van der Waals surface area contributed by atoms with E-state index in [0.29, 0.717) is 18.0 Å². The fraction of sp³-hybridized carbons (Fsp3) is 0.526. The first-order chi connectivity index (χ1) is 11.7. The van der Waals surface area contributed by atoms with Gasteiger partial charge in [0, 0.05) is 42.0 Å². The van der Waals surface area contributed by atoms with Gasteiger partial charge in [-0.3, -0.25) is 0 Å². The highest BCUT2D eigenvalue weighted by Crippen LogP contribution is 2.35. The van der Waals surface area contributed by atoms with Gasteiger partial charge in [0.2, 0.25) is 0 Å². The van der Waals surface area contributed by atoms with Gasteiger partial charge in [-0.05, 0) is 32.8 Å². The van der Waals surface area contributed by atoms with Gasteiger partial charge < -0.3 is 15.0 Å². The number of fused-ring (bicyclic) bond motifs is 1. The first-order valence-electron chi connectivity index (χ1n) is 8.85. The summed E-state index contributed by atoms with van der Waals surface area (Å²) < 4.78 is 5.84. The second-order valence-electron chi connectivity index (χ2n) is 6.94. The van der Waals surface area contributed by atoms with Crippen LogP contribution in [-0.4, -0.2) is 36.8 Å². The molecule has 2 aliphatic rings. The molecule has 4 rings (SSSR count).